The van der Waals surface area contributed by atoms with E-state index in [9.17, 15) is 18.0 Å². The maximum absolute atomic E-state index is 13.0. The van der Waals surface area contributed by atoms with Gasteiger partial charge in [-0.25, -0.2) is 4.98 Å². The van der Waals surface area contributed by atoms with Gasteiger partial charge in [-0.1, -0.05) is 18.2 Å². The van der Waals surface area contributed by atoms with Gasteiger partial charge in [-0.3, -0.25) is 9.78 Å². The molecule has 0 aliphatic carbocycles. The topological polar surface area (TPSA) is 54.9 Å². The molecule has 2 heterocycles. The summed E-state index contributed by atoms with van der Waals surface area (Å²) in [5.74, 6) is -0.307. The van der Waals surface area contributed by atoms with E-state index in [4.69, 9.17) is 0 Å². The SMILES string of the molecule is CC(C)(C(=O)NCCCc1nc(-c2ccncc2)cs1)c1cccc(C(F)(F)F)c1. The van der Waals surface area contributed by atoms with Gasteiger partial charge in [0.1, 0.15) is 0 Å². The Kier molecular flexibility index (Phi) is 6.55. The van der Waals surface area contributed by atoms with E-state index >= 15 is 0 Å². The third-order valence-electron chi connectivity index (χ3n) is 4.86. The van der Waals surface area contributed by atoms with Crippen LogP contribution >= 0.6 is 11.3 Å². The third kappa shape index (κ3) is 5.24. The van der Waals surface area contributed by atoms with Gasteiger partial charge in [0.15, 0.2) is 0 Å². The van der Waals surface area contributed by atoms with Gasteiger partial charge in [0.25, 0.3) is 0 Å². The zero-order chi connectivity index (χ0) is 21.8. The molecule has 0 bridgehead atoms. The number of nitrogens with zero attached hydrogens (tertiary/aromatic N) is 2. The Morgan fingerprint density at radius 3 is 2.50 bits per heavy atom. The molecule has 0 unspecified atom stereocenters. The van der Waals surface area contributed by atoms with Gasteiger partial charge < -0.3 is 5.32 Å². The lowest BCUT2D eigenvalue weighted by Crippen LogP contribution is -2.40. The molecule has 0 fully saturated rings. The standard InChI is InChI=1S/C22H22F3N3OS/c1-21(2,16-5-3-6-17(13-16)22(23,24)25)20(29)27-10-4-7-19-28-18(14-30-19)15-8-11-26-12-9-15/h3,5-6,8-9,11-14H,4,7,10H2,1-2H3,(H,27,29). The molecule has 1 aromatic carbocycles. The second-order valence-electron chi connectivity index (χ2n) is 7.43. The van der Waals surface area contributed by atoms with Crippen molar-refractivity contribution in [3.63, 3.8) is 0 Å². The van der Waals surface area contributed by atoms with Crippen molar-refractivity contribution in [1.29, 1.82) is 0 Å². The normalized spacial score (nSPS) is 12.0. The van der Waals surface area contributed by atoms with Gasteiger partial charge in [-0.15, -0.1) is 11.3 Å². The van der Waals surface area contributed by atoms with Gasteiger partial charge in [-0.2, -0.15) is 13.2 Å². The van der Waals surface area contributed by atoms with E-state index in [-0.39, 0.29) is 5.91 Å². The number of rotatable bonds is 7. The van der Waals surface area contributed by atoms with Crippen LogP contribution in [0.3, 0.4) is 0 Å². The molecule has 0 aliphatic heterocycles. The molecule has 1 N–H and O–H groups in total. The van der Waals surface area contributed by atoms with Crippen LogP contribution in [-0.2, 0) is 22.8 Å². The van der Waals surface area contributed by atoms with Gasteiger partial charge in [0.05, 0.1) is 21.7 Å². The minimum absolute atomic E-state index is 0.307. The minimum atomic E-state index is -4.44. The fourth-order valence-electron chi connectivity index (χ4n) is 2.96. The molecule has 3 aromatic rings. The second-order valence-corrected chi connectivity index (χ2v) is 8.37. The molecule has 0 atom stereocenters. The van der Waals surface area contributed by atoms with Crippen molar-refractivity contribution in [2.24, 2.45) is 0 Å². The average molecular weight is 433 g/mol. The number of carbonyl (C=O) groups is 1. The predicted molar refractivity (Wildman–Crippen MR) is 111 cm³/mol. The molecule has 1 amide bonds. The lowest BCUT2D eigenvalue weighted by molar-refractivity contribution is -0.137. The lowest BCUT2D eigenvalue weighted by atomic mass is 9.83. The van der Waals surface area contributed by atoms with Crippen LogP contribution in [-0.4, -0.2) is 22.4 Å². The Labute approximate surface area is 177 Å². The monoisotopic (exact) mass is 433 g/mol. The number of thiazole rings is 1. The summed E-state index contributed by atoms with van der Waals surface area (Å²) in [5, 5.41) is 5.79. The second kappa shape index (κ2) is 8.95. The summed E-state index contributed by atoms with van der Waals surface area (Å²) in [7, 11) is 0. The summed E-state index contributed by atoms with van der Waals surface area (Å²) in [6, 6.07) is 8.71. The van der Waals surface area contributed by atoms with Crippen molar-refractivity contribution >= 4 is 17.2 Å². The highest BCUT2D eigenvalue weighted by Crippen LogP contribution is 2.33. The van der Waals surface area contributed by atoms with E-state index in [0.29, 0.717) is 24.9 Å². The van der Waals surface area contributed by atoms with Crippen LogP contribution in [0.1, 0.15) is 36.4 Å². The van der Waals surface area contributed by atoms with E-state index in [2.05, 4.69) is 15.3 Å². The number of hydrogen-bond donors (Lipinski definition) is 1. The van der Waals surface area contributed by atoms with Crippen LogP contribution < -0.4 is 5.32 Å². The van der Waals surface area contributed by atoms with Crippen LogP contribution in [0.2, 0.25) is 0 Å². The number of alkyl halides is 3. The maximum Gasteiger partial charge on any atom is 0.416 e. The van der Waals surface area contributed by atoms with Gasteiger partial charge in [-0.05, 0) is 44.0 Å². The van der Waals surface area contributed by atoms with Gasteiger partial charge >= 0.3 is 6.18 Å². The predicted octanol–water partition coefficient (Wildman–Crippen LogP) is 5.25. The van der Waals surface area contributed by atoms with Crippen LogP contribution in [0.4, 0.5) is 13.2 Å². The summed E-state index contributed by atoms with van der Waals surface area (Å²) in [6.07, 6.45) is 0.394. The van der Waals surface area contributed by atoms with Gasteiger partial charge in [0, 0.05) is 36.3 Å². The Bertz CT molecular complexity index is 1000. The van der Waals surface area contributed by atoms with E-state index in [0.717, 1.165) is 28.4 Å². The van der Waals surface area contributed by atoms with Crippen LogP contribution in [0.15, 0.2) is 54.2 Å². The van der Waals surface area contributed by atoms with Crippen molar-refractivity contribution in [3.05, 3.63) is 70.3 Å². The molecule has 3 rings (SSSR count). The number of aryl methyl sites for hydroxylation is 1. The van der Waals surface area contributed by atoms with Crippen LogP contribution in [0.25, 0.3) is 11.3 Å². The molecule has 158 valence electrons. The molecule has 4 nitrogen and oxygen atoms in total. The number of amides is 1. The van der Waals surface area contributed by atoms with E-state index in [1.54, 1.807) is 43.6 Å². The highest BCUT2D eigenvalue weighted by Gasteiger charge is 2.34. The number of halogens is 3. The van der Waals surface area contributed by atoms with Crippen molar-refractivity contribution in [3.8, 4) is 11.3 Å². The maximum atomic E-state index is 13.0. The van der Waals surface area contributed by atoms with Crippen LogP contribution in [0.5, 0.6) is 0 Å². The molecule has 0 radical (unpaired) electrons. The van der Waals surface area contributed by atoms with Crippen molar-refractivity contribution < 1.29 is 18.0 Å². The zero-order valence-electron chi connectivity index (χ0n) is 16.7. The molecule has 0 spiro atoms. The Hall–Kier alpha value is -2.74. The Balaban J connectivity index is 1.54. The minimum Gasteiger partial charge on any atom is -0.355 e. The molecule has 0 saturated heterocycles. The number of hydrogen-bond acceptors (Lipinski definition) is 4. The highest BCUT2D eigenvalue weighted by atomic mass is 32.1. The number of benzene rings is 1. The third-order valence-corrected chi connectivity index (χ3v) is 5.77. The van der Waals surface area contributed by atoms with Crippen molar-refractivity contribution in [1.82, 2.24) is 15.3 Å². The first-order valence-electron chi connectivity index (χ1n) is 9.49. The summed E-state index contributed by atoms with van der Waals surface area (Å²) in [6.45, 7) is 3.67. The van der Waals surface area contributed by atoms with E-state index in [1.807, 2.05) is 17.5 Å². The molecular weight excluding hydrogens is 411 g/mol. The molecule has 0 saturated carbocycles. The Morgan fingerprint density at radius 2 is 1.80 bits per heavy atom. The van der Waals surface area contributed by atoms with Crippen molar-refractivity contribution in [2.45, 2.75) is 38.3 Å². The molecule has 8 heteroatoms. The summed E-state index contributed by atoms with van der Waals surface area (Å²) < 4.78 is 38.9. The first-order valence-corrected chi connectivity index (χ1v) is 10.4. The average Bonchev–Trinajstić information content (AvgIpc) is 3.20. The van der Waals surface area contributed by atoms with E-state index < -0.39 is 17.2 Å². The number of carbonyl (C=O) groups excluding carboxylic acids is 1. The molecule has 0 aliphatic rings. The summed E-state index contributed by atoms with van der Waals surface area (Å²) in [5.41, 5.74) is 0.402. The summed E-state index contributed by atoms with van der Waals surface area (Å²) >= 11 is 1.56. The van der Waals surface area contributed by atoms with E-state index in [1.165, 1.54) is 6.07 Å². The van der Waals surface area contributed by atoms with Crippen LogP contribution in [0, 0.1) is 0 Å². The molecular formula is C22H22F3N3OS. The van der Waals surface area contributed by atoms with Gasteiger partial charge in [0.2, 0.25) is 5.91 Å². The number of aromatic nitrogens is 2. The quantitative estimate of drug-likeness (QED) is 0.518. The first kappa shape index (κ1) is 22.0. The fourth-order valence-corrected chi connectivity index (χ4v) is 3.81. The molecule has 30 heavy (non-hydrogen) atoms. The fraction of sp³-hybridized carbons (Fsp3) is 0.318. The summed E-state index contributed by atoms with van der Waals surface area (Å²) in [4.78, 5) is 21.2. The first-order chi connectivity index (χ1) is 14.2. The number of pyridine rings is 1. The zero-order valence-corrected chi connectivity index (χ0v) is 17.5. The molecule has 2 aromatic heterocycles. The largest absolute Gasteiger partial charge is 0.416 e. The van der Waals surface area contributed by atoms with Crippen molar-refractivity contribution in [2.75, 3.05) is 6.54 Å². The highest BCUT2D eigenvalue weighted by molar-refractivity contribution is 7.09. The Morgan fingerprint density at radius 1 is 1.10 bits per heavy atom. The number of nitrogens with one attached hydrogen (secondary N) is 1. The smallest absolute Gasteiger partial charge is 0.355 e. The lowest BCUT2D eigenvalue weighted by Gasteiger charge is -2.25.